The summed E-state index contributed by atoms with van der Waals surface area (Å²) in [6.07, 6.45) is 2.77. The molecule has 0 N–H and O–H groups in total. The van der Waals surface area contributed by atoms with Crippen LogP contribution in [0.3, 0.4) is 0 Å². The molecule has 2 heterocycles. The summed E-state index contributed by atoms with van der Waals surface area (Å²) in [6, 6.07) is 7.85. The third-order valence-electron chi connectivity index (χ3n) is 3.89. The molecule has 0 bridgehead atoms. The molecule has 0 aliphatic heterocycles. The summed E-state index contributed by atoms with van der Waals surface area (Å²) in [7, 11) is 0. The van der Waals surface area contributed by atoms with Gasteiger partial charge in [-0.15, -0.1) is 0 Å². The van der Waals surface area contributed by atoms with Gasteiger partial charge in [-0.3, -0.25) is 4.68 Å². The minimum Gasteiger partial charge on any atom is -0.336 e. The SMILES string of the molecule is FC(F)c1cccc(-c2noc(C3(n4cccn4)CC3)n2)c1. The molecule has 22 heavy (non-hydrogen) atoms. The monoisotopic (exact) mass is 302 g/mol. The number of rotatable bonds is 4. The van der Waals surface area contributed by atoms with Crippen LogP contribution in [0.15, 0.2) is 47.2 Å². The average Bonchev–Trinajstić information content (AvgIpc) is 2.97. The molecule has 1 saturated carbocycles. The number of aromatic nitrogens is 4. The number of halogens is 2. The second-order valence-electron chi connectivity index (χ2n) is 5.33. The van der Waals surface area contributed by atoms with Crippen molar-refractivity contribution in [1.29, 1.82) is 0 Å². The first kappa shape index (κ1) is 13.1. The molecular weight excluding hydrogens is 290 g/mol. The Balaban J connectivity index is 1.69. The number of hydrogen-bond acceptors (Lipinski definition) is 4. The molecular formula is C15H12F2N4O. The van der Waals surface area contributed by atoms with Crippen molar-refractivity contribution in [2.75, 3.05) is 0 Å². The molecule has 1 aliphatic rings. The van der Waals surface area contributed by atoms with Crippen LogP contribution in [0.5, 0.6) is 0 Å². The van der Waals surface area contributed by atoms with E-state index in [-0.39, 0.29) is 11.1 Å². The molecule has 7 heteroatoms. The van der Waals surface area contributed by atoms with E-state index in [2.05, 4.69) is 15.2 Å². The average molecular weight is 302 g/mol. The first-order valence-electron chi connectivity index (χ1n) is 6.92. The van der Waals surface area contributed by atoms with Crippen LogP contribution in [-0.4, -0.2) is 19.9 Å². The van der Waals surface area contributed by atoms with E-state index in [1.54, 1.807) is 23.0 Å². The highest BCUT2D eigenvalue weighted by Gasteiger charge is 2.52. The van der Waals surface area contributed by atoms with Gasteiger partial charge in [0.05, 0.1) is 0 Å². The maximum atomic E-state index is 12.8. The van der Waals surface area contributed by atoms with E-state index in [0.717, 1.165) is 12.8 Å². The fourth-order valence-electron chi connectivity index (χ4n) is 2.52. The third kappa shape index (κ3) is 2.01. The molecule has 1 fully saturated rings. The lowest BCUT2D eigenvalue weighted by atomic mass is 10.1. The van der Waals surface area contributed by atoms with Gasteiger partial charge < -0.3 is 4.52 Å². The van der Waals surface area contributed by atoms with Crippen LogP contribution >= 0.6 is 0 Å². The summed E-state index contributed by atoms with van der Waals surface area (Å²) in [6.45, 7) is 0. The van der Waals surface area contributed by atoms with Gasteiger partial charge in [0.15, 0.2) is 0 Å². The highest BCUT2D eigenvalue weighted by Crippen LogP contribution is 2.48. The molecule has 0 spiro atoms. The molecule has 0 saturated heterocycles. The van der Waals surface area contributed by atoms with E-state index in [1.807, 2.05) is 12.3 Å². The molecule has 3 aromatic rings. The van der Waals surface area contributed by atoms with Crippen LogP contribution in [0.1, 0.15) is 30.7 Å². The van der Waals surface area contributed by atoms with Gasteiger partial charge in [0.2, 0.25) is 5.82 Å². The van der Waals surface area contributed by atoms with E-state index in [0.29, 0.717) is 17.3 Å². The molecule has 0 radical (unpaired) electrons. The van der Waals surface area contributed by atoms with Crippen LogP contribution in [0.4, 0.5) is 8.78 Å². The Hall–Kier alpha value is -2.57. The van der Waals surface area contributed by atoms with Gasteiger partial charge in [-0.25, -0.2) is 8.78 Å². The van der Waals surface area contributed by atoms with Crippen molar-refractivity contribution in [2.24, 2.45) is 0 Å². The van der Waals surface area contributed by atoms with E-state index < -0.39 is 6.43 Å². The summed E-state index contributed by atoms with van der Waals surface area (Å²) in [5.74, 6) is 0.782. The summed E-state index contributed by atoms with van der Waals surface area (Å²) >= 11 is 0. The van der Waals surface area contributed by atoms with Crippen molar-refractivity contribution < 1.29 is 13.3 Å². The Bertz CT molecular complexity index is 793. The Morgan fingerprint density at radius 3 is 2.77 bits per heavy atom. The predicted molar refractivity (Wildman–Crippen MR) is 73.2 cm³/mol. The van der Waals surface area contributed by atoms with Crippen LogP contribution in [-0.2, 0) is 5.54 Å². The van der Waals surface area contributed by atoms with Crippen molar-refractivity contribution >= 4 is 0 Å². The molecule has 2 aromatic heterocycles. The highest BCUT2D eigenvalue weighted by molar-refractivity contribution is 5.55. The lowest BCUT2D eigenvalue weighted by Crippen LogP contribution is -2.19. The summed E-state index contributed by atoms with van der Waals surface area (Å²) in [5.41, 5.74) is 0.0795. The van der Waals surface area contributed by atoms with Gasteiger partial charge in [-0.2, -0.15) is 10.1 Å². The van der Waals surface area contributed by atoms with E-state index >= 15 is 0 Å². The zero-order valence-electron chi connectivity index (χ0n) is 11.5. The van der Waals surface area contributed by atoms with Crippen molar-refractivity contribution in [3.05, 3.63) is 54.2 Å². The van der Waals surface area contributed by atoms with Gasteiger partial charge in [-0.1, -0.05) is 23.4 Å². The van der Waals surface area contributed by atoms with E-state index in [4.69, 9.17) is 4.52 Å². The van der Waals surface area contributed by atoms with Gasteiger partial charge >= 0.3 is 0 Å². The standard InChI is InChI=1S/C15H12F2N4O/c16-12(17)10-3-1-4-11(9-10)13-19-14(22-20-13)15(5-6-15)21-8-2-7-18-21/h1-4,7-9,12H,5-6H2. The van der Waals surface area contributed by atoms with Crippen LogP contribution < -0.4 is 0 Å². The highest BCUT2D eigenvalue weighted by atomic mass is 19.3. The molecule has 1 aliphatic carbocycles. The number of hydrogen-bond donors (Lipinski definition) is 0. The summed E-state index contributed by atoms with van der Waals surface area (Å²) in [5, 5.41) is 8.17. The fraction of sp³-hybridized carbons (Fsp3) is 0.267. The van der Waals surface area contributed by atoms with Gasteiger partial charge in [0.25, 0.3) is 12.3 Å². The van der Waals surface area contributed by atoms with Gasteiger partial charge in [-0.05, 0) is 25.0 Å². The van der Waals surface area contributed by atoms with Crippen molar-refractivity contribution in [2.45, 2.75) is 24.8 Å². The summed E-state index contributed by atoms with van der Waals surface area (Å²) < 4.78 is 32.7. The molecule has 5 nitrogen and oxygen atoms in total. The molecule has 0 amide bonds. The minimum atomic E-state index is -2.52. The summed E-state index contributed by atoms with van der Waals surface area (Å²) in [4.78, 5) is 4.39. The zero-order valence-corrected chi connectivity index (χ0v) is 11.5. The smallest absolute Gasteiger partial charge is 0.263 e. The number of alkyl halides is 2. The van der Waals surface area contributed by atoms with Crippen LogP contribution in [0.25, 0.3) is 11.4 Å². The Labute approximate surface area is 124 Å². The minimum absolute atomic E-state index is 0.0583. The molecule has 1 aromatic carbocycles. The Morgan fingerprint density at radius 1 is 1.23 bits per heavy atom. The first-order valence-corrected chi connectivity index (χ1v) is 6.92. The molecule has 112 valence electrons. The third-order valence-corrected chi connectivity index (χ3v) is 3.89. The molecule has 0 atom stereocenters. The second-order valence-corrected chi connectivity index (χ2v) is 5.33. The maximum absolute atomic E-state index is 12.8. The molecule has 4 rings (SSSR count). The van der Waals surface area contributed by atoms with Crippen LogP contribution in [0, 0.1) is 0 Å². The number of nitrogens with zero attached hydrogens (tertiary/aromatic N) is 4. The maximum Gasteiger partial charge on any atom is 0.263 e. The van der Waals surface area contributed by atoms with E-state index in [9.17, 15) is 8.78 Å². The van der Waals surface area contributed by atoms with Crippen molar-refractivity contribution in [3.8, 4) is 11.4 Å². The van der Waals surface area contributed by atoms with Crippen molar-refractivity contribution in [1.82, 2.24) is 19.9 Å². The second kappa shape index (κ2) is 4.72. The van der Waals surface area contributed by atoms with Crippen molar-refractivity contribution in [3.63, 3.8) is 0 Å². The lowest BCUT2D eigenvalue weighted by molar-refractivity contribution is 0.151. The van der Waals surface area contributed by atoms with Gasteiger partial charge in [0, 0.05) is 23.5 Å². The topological polar surface area (TPSA) is 56.7 Å². The van der Waals surface area contributed by atoms with E-state index in [1.165, 1.54) is 12.1 Å². The quantitative estimate of drug-likeness (QED) is 0.741. The molecule has 0 unspecified atom stereocenters. The van der Waals surface area contributed by atoms with Gasteiger partial charge in [0.1, 0.15) is 5.54 Å². The first-order chi connectivity index (χ1) is 10.7. The largest absolute Gasteiger partial charge is 0.336 e. The Morgan fingerprint density at radius 2 is 2.09 bits per heavy atom. The number of benzene rings is 1. The normalized spacial score (nSPS) is 16.1. The fourth-order valence-corrected chi connectivity index (χ4v) is 2.52. The zero-order chi connectivity index (χ0) is 15.2. The Kier molecular flexibility index (Phi) is 2.82. The van der Waals surface area contributed by atoms with Crippen LogP contribution in [0.2, 0.25) is 0 Å². The predicted octanol–water partition coefficient (Wildman–Crippen LogP) is 3.41. The lowest BCUT2D eigenvalue weighted by Gasteiger charge is -2.09.